The molecule has 2 aromatic rings. The van der Waals surface area contributed by atoms with Crippen LogP contribution in [0.5, 0.6) is 0 Å². The minimum absolute atomic E-state index is 0.0501. The lowest BCUT2D eigenvalue weighted by atomic mass is 9.89. The molecule has 2 aliphatic carbocycles. The standard InChI is InChI=1S/C19H24ClN3O/c20-15-6-9-18-21-16(10-19(24)23(18)12-15)13-22(17-7-8-17)11-14-4-2-1-3-5-14/h6,9-10,12,14,17H,1-5,7-8,11,13H2. The molecular weight excluding hydrogens is 322 g/mol. The first kappa shape index (κ1) is 16.1. The summed E-state index contributed by atoms with van der Waals surface area (Å²) in [6.45, 7) is 1.95. The third-order valence-electron chi connectivity index (χ3n) is 5.32. The van der Waals surface area contributed by atoms with Gasteiger partial charge in [-0.2, -0.15) is 0 Å². The molecule has 2 saturated carbocycles. The van der Waals surface area contributed by atoms with Gasteiger partial charge in [0.1, 0.15) is 5.65 Å². The van der Waals surface area contributed by atoms with E-state index in [1.54, 1.807) is 18.3 Å². The van der Waals surface area contributed by atoms with Crippen LogP contribution in [0.2, 0.25) is 5.02 Å². The molecule has 5 heteroatoms. The normalized spacial score (nSPS) is 19.2. The molecule has 0 radical (unpaired) electrons. The van der Waals surface area contributed by atoms with Crippen LogP contribution in [0.25, 0.3) is 5.65 Å². The number of hydrogen-bond donors (Lipinski definition) is 0. The summed E-state index contributed by atoms with van der Waals surface area (Å²) in [5.41, 5.74) is 1.51. The van der Waals surface area contributed by atoms with Crippen molar-refractivity contribution in [2.75, 3.05) is 6.54 Å². The second-order valence-corrected chi connectivity index (χ2v) is 7.76. The second kappa shape index (κ2) is 6.85. The summed E-state index contributed by atoms with van der Waals surface area (Å²) in [7, 11) is 0. The van der Waals surface area contributed by atoms with E-state index in [2.05, 4.69) is 9.88 Å². The minimum Gasteiger partial charge on any atom is -0.294 e. The predicted molar refractivity (Wildman–Crippen MR) is 96.5 cm³/mol. The Labute approximate surface area is 147 Å². The maximum absolute atomic E-state index is 12.4. The van der Waals surface area contributed by atoms with E-state index >= 15 is 0 Å². The molecule has 2 aromatic heterocycles. The highest BCUT2D eigenvalue weighted by atomic mass is 35.5. The summed E-state index contributed by atoms with van der Waals surface area (Å²) in [6.07, 6.45) is 11.1. The Morgan fingerprint density at radius 3 is 2.71 bits per heavy atom. The average molecular weight is 346 g/mol. The lowest BCUT2D eigenvalue weighted by Crippen LogP contribution is -2.33. The van der Waals surface area contributed by atoms with Crippen molar-refractivity contribution in [1.29, 1.82) is 0 Å². The van der Waals surface area contributed by atoms with Crippen molar-refractivity contribution in [3.05, 3.63) is 45.5 Å². The lowest BCUT2D eigenvalue weighted by molar-refractivity contribution is 0.184. The highest BCUT2D eigenvalue weighted by Crippen LogP contribution is 2.32. The first-order valence-corrected chi connectivity index (χ1v) is 9.49. The Morgan fingerprint density at radius 2 is 1.96 bits per heavy atom. The SMILES string of the molecule is O=c1cc(CN(CC2CCCCC2)C2CC2)nc2ccc(Cl)cn12. The molecule has 2 aliphatic rings. The van der Waals surface area contributed by atoms with Crippen LogP contribution in [0.4, 0.5) is 0 Å². The number of rotatable bonds is 5. The van der Waals surface area contributed by atoms with Crippen LogP contribution in [0.15, 0.2) is 29.2 Å². The largest absolute Gasteiger partial charge is 0.294 e. The van der Waals surface area contributed by atoms with Gasteiger partial charge in [-0.25, -0.2) is 4.98 Å². The van der Waals surface area contributed by atoms with Crippen LogP contribution in [0.1, 0.15) is 50.6 Å². The molecule has 4 rings (SSSR count). The van der Waals surface area contributed by atoms with Gasteiger partial charge in [0, 0.05) is 31.4 Å². The molecule has 128 valence electrons. The van der Waals surface area contributed by atoms with Crippen molar-refractivity contribution in [3.8, 4) is 0 Å². The third kappa shape index (κ3) is 3.65. The Hall–Kier alpha value is -1.39. The number of pyridine rings is 1. The maximum atomic E-state index is 12.4. The van der Waals surface area contributed by atoms with Crippen molar-refractivity contribution < 1.29 is 0 Å². The third-order valence-corrected chi connectivity index (χ3v) is 5.55. The Bertz CT molecular complexity index is 778. The Kier molecular flexibility index (Phi) is 4.59. The monoisotopic (exact) mass is 345 g/mol. The molecule has 0 aromatic carbocycles. The summed E-state index contributed by atoms with van der Waals surface area (Å²) in [5.74, 6) is 0.819. The zero-order valence-corrected chi connectivity index (χ0v) is 14.7. The zero-order valence-electron chi connectivity index (χ0n) is 14.0. The number of halogens is 1. The van der Waals surface area contributed by atoms with E-state index in [0.717, 1.165) is 24.7 Å². The molecule has 0 N–H and O–H groups in total. The molecule has 0 amide bonds. The first-order valence-electron chi connectivity index (χ1n) is 9.11. The molecule has 2 fully saturated rings. The number of hydrogen-bond acceptors (Lipinski definition) is 3. The molecule has 0 unspecified atom stereocenters. The second-order valence-electron chi connectivity index (χ2n) is 7.33. The predicted octanol–water partition coefficient (Wildman–Crippen LogP) is 3.89. The van der Waals surface area contributed by atoms with Gasteiger partial charge < -0.3 is 0 Å². The molecular formula is C19H24ClN3O. The molecule has 0 aliphatic heterocycles. The van der Waals surface area contributed by atoms with Gasteiger partial charge in [0.05, 0.1) is 10.7 Å². The van der Waals surface area contributed by atoms with E-state index in [4.69, 9.17) is 11.6 Å². The van der Waals surface area contributed by atoms with Gasteiger partial charge in [0.2, 0.25) is 0 Å². The van der Waals surface area contributed by atoms with Gasteiger partial charge in [0.25, 0.3) is 5.56 Å². The van der Waals surface area contributed by atoms with Gasteiger partial charge in [0.15, 0.2) is 0 Å². The Morgan fingerprint density at radius 1 is 1.17 bits per heavy atom. The van der Waals surface area contributed by atoms with Crippen molar-refractivity contribution in [3.63, 3.8) is 0 Å². The van der Waals surface area contributed by atoms with E-state index in [9.17, 15) is 4.79 Å². The van der Waals surface area contributed by atoms with Crippen LogP contribution in [-0.2, 0) is 6.54 Å². The van der Waals surface area contributed by atoms with Crippen LogP contribution < -0.4 is 5.56 Å². The summed E-state index contributed by atoms with van der Waals surface area (Å²) >= 11 is 5.98. The van der Waals surface area contributed by atoms with E-state index in [1.165, 1.54) is 49.3 Å². The van der Waals surface area contributed by atoms with Gasteiger partial charge in [-0.3, -0.25) is 14.1 Å². The molecule has 0 atom stereocenters. The summed E-state index contributed by atoms with van der Waals surface area (Å²) in [6, 6.07) is 5.96. The van der Waals surface area contributed by atoms with Gasteiger partial charge in [-0.1, -0.05) is 30.9 Å². The molecule has 2 heterocycles. The van der Waals surface area contributed by atoms with E-state index < -0.39 is 0 Å². The zero-order chi connectivity index (χ0) is 16.5. The molecule has 0 saturated heterocycles. The summed E-state index contributed by atoms with van der Waals surface area (Å²) in [4.78, 5) is 19.6. The molecule has 24 heavy (non-hydrogen) atoms. The van der Waals surface area contributed by atoms with Crippen LogP contribution in [0.3, 0.4) is 0 Å². The van der Waals surface area contributed by atoms with E-state index in [1.807, 2.05) is 6.07 Å². The number of nitrogens with zero attached hydrogens (tertiary/aromatic N) is 3. The fourth-order valence-electron chi connectivity index (χ4n) is 3.90. The topological polar surface area (TPSA) is 37.6 Å². The highest BCUT2D eigenvalue weighted by molar-refractivity contribution is 6.30. The van der Waals surface area contributed by atoms with E-state index in [0.29, 0.717) is 16.7 Å². The molecule has 0 bridgehead atoms. The van der Waals surface area contributed by atoms with Gasteiger partial charge in [-0.15, -0.1) is 0 Å². The smallest absolute Gasteiger partial charge is 0.258 e. The summed E-state index contributed by atoms with van der Waals surface area (Å²) in [5, 5.41) is 0.552. The fraction of sp³-hybridized carbons (Fsp3) is 0.579. The van der Waals surface area contributed by atoms with Crippen molar-refractivity contribution in [1.82, 2.24) is 14.3 Å². The first-order chi connectivity index (χ1) is 11.7. The van der Waals surface area contributed by atoms with Crippen molar-refractivity contribution >= 4 is 17.2 Å². The van der Waals surface area contributed by atoms with Crippen LogP contribution in [-0.4, -0.2) is 26.9 Å². The fourth-order valence-corrected chi connectivity index (χ4v) is 4.06. The number of aromatic nitrogens is 2. The minimum atomic E-state index is -0.0501. The van der Waals surface area contributed by atoms with Crippen LogP contribution >= 0.6 is 11.6 Å². The quantitative estimate of drug-likeness (QED) is 0.825. The van der Waals surface area contributed by atoms with E-state index in [-0.39, 0.29) is 5.56 Å². The number of fused-ring (bicyclic) bond motifs is 1. The van der Waals surface area contributed by atoms with Gasteiger partial charge >= 0.3 is 0 Å². The van der Waals surface area contributed by atoms with Crippen molar-refractivity contribution in [2.45, 2.75) is 57.5 Å². The van der Waals surface area contributed by atoms with Crippen molar-refractivity contribution in [2.24, 2.45) is 5.92 Å². The van der Waals surface area contributed by atoms with Crippen LogP contribution in [0, 0.1) is 5.92 Å². The lowest BCUT2D eigenvalue weighted by Gasteiger charge is -2.29. The Balaban J connectivity index is 1.54. The maximum Gasteiger partial charge on any atom is 0.258 e. The average Bonchev–Trinajstić information content (AvgIpc) is 3.41. The molecule has 4 nitrogen and oxygen atoms in total. The van der Waals surface area contributed by atoms with Gasteiger partial charge in [-0.05, 0) is 43.7 Å². The highest BCUT2D eigenvalue weighted by Gasteiger charge is 2.31. The molecule has 0 spiro atoms. The summed E-state index contributed by atoms with van der Waals surface area (Å²) < 4.78 is 1.52.